The van der Waals surface area contributed by atoms with Crippen molar-refractivity contribution in [3.05, 3.63) is 35.6 Å². The number of halogens is 2. The first-order chi connectivity index (χ1) is 6.65. The van der Waals surface area contributed by atoms with Crippen molar-refractivity contribution in [2.75, 3.05) is 7.11 Å². The van der Waals surface area contributed by atoms with E-state index in [1.54, 1.807) is 18.2 Å². The lowest BCUT2D eigenvalue weighted by molar-refractivity contribution is -0.139. The highest BCUT2D eigenvalue weighted by Gasteiger charge is 2.17. The topological polar surface area (TPSA) is 26.3 Å². The number of alkyl halides is 1. The first kappa shape index (κ1) is 11.2. The maximum Gasteiger partial charge on any atom is 0.319 e. The van der Waals surface area contributed by atoms with Crippen molar-refractivity contribution in [2.24, 2.45) is 0 Å². The molecule has 0 radical (unpaired) electrons. The van der Waals surface area contributed by atoms with Gasteiger partial charge in [0.05, 0.1) is 7.11 Å². The summed E-state index contributed by atoms with van der Waals surface area (Å²) in [6.07, 6.45) is 0.291. The van der Waals surface area contributed by atoms with Crippen molar-refractivity contribution >= 4 is 21.9 Å². The van der Waals surface area contributed by atoms with Gasteiger partial charge in [0.1, 0.15) is 10.6 Å². The molecule has 0 saturated carbocycles. The van der Waals surface area contributed by atoms with Crippen LogP contribution in [0.25, 0.3) is 0 Å². The fourth-order valence-corrected chi connectivity index (χ4v) is 1.60. The molecular weight excluding hydrogens is 251 g/mol. The Morgan fingerprint density at radius 1 is 1.57 bits per heavy atom. The standard InChI is InChI=1S/C10H10BrFO2/c1-14-10(13)8(11)6-7-4-2-3-5-9(7)12/h2-5,8H,6H2,1H3/t8-/m1/s1. The number of hydrogen-bond acceptors (Lipinski definition) is 2. The summed E-state index contributed by atoms with van der Waals surface area (Å²) in [6, 6.07) is 6.36. The van der Waals surface area contributed by atoms with Gasteiger partial charge in [0.25, 0.3) is 0 Å². The Balaban J connectivity index is 2.69. The average molecular weight is 261 g/mol. The number of benzene rings is 1. The van der Waals surface area contributed by atoms with Crippen molar-refractivity contribution in [3.63, 3.8) is 0 Å². The molecule has 2 nitrogen and oxygen atoms in total. The minimum absolute atomic E-state index is 0.291. The van der Waals surface area contributed by atoms with Gasteiger partial charge < -0.3 is 4.74 Å². The molecule has 0 aliphatic carbocycles. The number of rotatable bonds is 3. The number of ether oxygens (including phenoxy) is 1. The second-order valence-electron chi connectivity index (χ2n) is 2.79. The maximum atomic E-state index is 13.1. The molecule has 0 fully saturated rings. The molecule has 0 N–H and O–H groups in total. The van der Waals surface area contributed by atoms with Gasteiger partial charge in [0, 0.05) is 0 Å². The van der Waals surface area contributed by atoms with Gasteiger partial charge in [-0.05, 0) is 18.1 Å². The van der Waals surface area contributed by atoms with Gasteiger partial charge in [-0.15, -0.1) is 0 Å². The largest absolute Gasteiger partial charge is 0.468 e. The summed E-state index contributed by atoms with van der Waals surface area (Å²) in [5, 5.41) is 0. The van der Waals surface area contributed by atoms with Crippen LogP contribution >= 0.6 is 15.9 Å². The van der Waals surface area contributed by atoms with Crippen LogP contribution in [0, 0.1) is 5.82 Å². The summed E-state index contributed by atoms with van der Waals surface area (Å²) in [7, 11) is 1.30. The number of carbonyl (C=O) groups is 1. The number of methoxy groups -OCH3 is 1. The van der Waals surface area contributed by atoms with Gasteiger partial charge in [0.15, 0.2) is 0 Å². The first-order valence-corrected chi connectivity index (χ1v) is 5.02. The van der Waals surface area contributed by atoms with Crippen LogP contribution in [0.1, 0.15) is 5.56 Å². The van der Waals surface area contributed by atoms with E-state index in [-0.39, 0.29) is 5.82 Å². The predicted molar refractivity (Wildman–Crippen MR) is 54.8 cm³/mol. The number of esters is 1. The van der Waals surface area contributed by atoms with E-state index in [9.17, 15) is 9.18 Å². The van der Waals surface area contributed by atoms with Gasteiger partial charge in [-0.2, -0.15) is 0 Å². The minimum atomic E-state index is -0.496. The van der Waals surface area contributed by atoms with Crippen molar-refractivity contribution in [1.82, 2.24) is 0 Å². The van der Waals surface area contributed by atoms with Crippen LogP contribution in [0.5, 0.6) is 0 Å². The van der Waals surface area contributed by atoms with Gasteiger partial charge in [-0.25, -0.2) is 4.39 Å². The van der Waals surface area contributed by atoms with Gasteiger partial charge in [-0.1, -0.05) is 34.1 Å². The van der Waals surface area contributed by atoms with Crippen molar-refractivity contribution < 1.29 is 13.9 Å². The summed E-state index contributed by atoms with van der Waals surface area (Å²) in [6.45, 7) is 0. The van der Waals surface area contributed by atoms with Crippen LogP contribution in [0.3, 0.4) is 0 Å². The Bertz CT molecular complexity index is 328. The molecule has 0 aromatic heterocycles. The van der Waals surface area contributed by atoms with E-state index in [1.165, 1.54) is 13.2 Å². The minimum Gasteiger partial charge on any atom is -0.468 e. The highest BCUT2D eigenvalue weighted by molar-refractivity contribution is 9.10. The molecule has 14 heavy (non-hydrogen) atoms. The average Bonchev–Trinajstić information content (AvgIpc) is 2.20. The molecule has 0 amide bonds. The fourth-order valence-electron chi connectivity index (χ4n) is 1.07. The first-order valence-electron chi connectivity index (χ1n) is 4.10. The van der Waals surface area contributed by atoms with E-state index in [0.717, 1.165) is 0 Å². The zero-order valence-corrected chi connectivity index (χ0v) is 9.25. The Kier molecular flexibility index (Phi) is 4.07. The zero-order chi connectivity index (χ0) is 10.6. The molecule has 4 heteroatoms. The molecule has 1 aromatic rings. The highest BCUT2D eigenvalue weighted by atomic mass is 79.9. The predicted octanol–water partition coefficient (Wildman–Crippen LogP) is 2.30. The molecule has 0 saturated heterocycles. The molecule has 76 valence electrons. The van der Waals surface area contributed by atoms with Crippen LogP contribution in [0.15, 0.2) is 24.3 Å². The van der Waals surface area contributed by atoms with Crippen LogP contribution < -0.4 is 0 Å². The molecule has 0 aliphatic rings. The lowest BCUT2D eigenvalue weighted by atomic mass is 10.1. The molecule has 0 spiro atoms. The fraction of sp³-hybridized carbons (Fsp3) is 0.300. The summed E-state index contributed by atoms with van der Waals surface area (Å²) in [5.41, 5.74) is 0.500. The monoisotopic (exact) mass is 260 g/mol. The molecule has 1 aromatic carbocycles. The lowest BCUT2D eigenvalue weighted by Gasteiger charge is -2.07. The Morgan fingerprint density at radius 2 is 2.21 bits per heavy atom. The Hall–Kier alpha value is -0.900. The smallest absolute Gasteiger partial charge is 0.319 e. The van der Waals surface area contributed by atoms with Crippen LogP contribution in [0.2, 0.25) is 0 Å². The van der Waals surface area contributed by atoms with Crippen LogP contribution in [-0.2, 0) is 16.0 Å². The molecule has 0 aliphatic heterocycles. The zero-order valence-electron chi connectivity index (χ0n) is 7.67. The maximum absolute atomic E-state index is 13.1. The quantitative estimate of drug-likeness (QED) is 0.616. The molecule has 0 unspecified atom stereocenters. The molecule has 1 atom stereocenters. The SMILES string of the molecule is COC(=O)[C@H](Br)Cc1ccccc1F. The van der Waals surface area contributed by atoms with Crippen LogP contribution in [0.4, 0.5) is 4.39 Å². The van der Waals surface area contributed by atoms with Crippen molar-refractivity contribution in [3.8, 4) is 0 Å². The molecule has 0 bridgehead atoms. The van der Waals surface area contributed by atoms with Crippen LogP contribution in [-0.4, -0.2) is 17.9 Å². The van der Waals surface area contributed by atoms with Gasteiger partial charge in [-0.3, -0.25) is 4.79 Å². The normalized spacial score (nSPS) is 12.2. The third kappa shape index (κ3) is 2.80. The third-order valence-corrected chi connectivity index (χ3v) is 2.51. The van der Waals surface area contributed by atoms with E-state index in [4.69, 9.17) is 0 Å². The summed E-state index contributed by atoms with van der Waals surface area (Å²) >= 11 is 3.13. The van der Waals surface area contributed by atoms with Crippen molar-refractivity contribution in [1.29, 1.82) is 0 Å². The highest BCUT2D eigenvalue weighted by Crippen LogP contribution is 2.14. The molecule has 0 heterocycles. The number of hydrogen-bond donors (Lipinski definition) is 0. The van der Waals surface area contributed by atoms with Crippen molar-refractivity contribution in [2.45, 2.75) is 11.2 Å². The van der Waals surface area contributed by atoms with E-state index >= 15 is 0 Å². The second-order valence-corrected chi connectivity index (χ2v) is 3.89. The van der Waals surface area contributed by atoms with E-state index in [2.05, 4.69) is 20.7 Å². The molecule has 1 rings (SSSR count). The molecular formula is C10H10BrFO2. The van der Waals surface area contributed by atoms with E-state index in [1.807, 2.05) is 0 Å². The lowest BCUT2D eigenvalue weighted by Crippen LogP contribution is -2.18. The second kappa shape index (κ2) is 5.10. The third-order valence-electron chi connectivity index (χ3n) is 1.81. The van der Waals surface area contributed by atoms with E-state index < -0.39 is 10.8 Å². The Labute approximate surface area is 90.2 Å². The number of carbonyl (C=O) groups excluding carboxylic acids is 1. The van der Waals surface area contributed by atoms with Gasteiger partial charge >= 0.3 is 5.97 Å². The van der Waals surface area contributed by atoms with E-state index in [0.29, 0.717) is 12.0 Å². The Morgan fingerprint density at radius 3 is 2.79 bits per heavy atom. The summed E-state index contributed by atoms with van der Waals surface area (Å²) in [4.78, 5) is 10.5. The summed E-state index contributed by atoms with van der Waals surface area (Å²) in [5.74, 6) is -0.700. The summed E-state index contributed by atoms with van der Waals surface area (Å²) < 4.78 is 17.7. The van der Waals surface area contributed by atoms with Gasteiger partial charge in [0.2, 0.25) is 0 Å².